The molecule has 0 saturated carbocycles. The first-order chi connectivity index (χ1) is 14.6. The quantitative estimate of drug-likeness (QED) is 0.570. The summed E-state index contributed by atoms with van der Waals surface area (Å²) in [4.78, 5) is 25.5. The molecule has 1 aliphatic rings. The van der Waals surface area contributed by atoms with Crippen LogP contribution in [0.15, 0.2) is 51.6 Å². The van der Waals surface area contributed by atoms with Gasteiger partial charge in [-0.3, -0.25) is 9.59 Å². The molecule has 0 unspecified atom stereocenters. The number of carbonyl (C=O) groups is 1. The number of methoxy groups -OCH3 is 1. The van der Waals surface area contributed by atoms with E-state index >= 15 is 0 Å². The number of rotatable bonds is 10. The average Bonchev–Trinajstić information content (AvgIpc) is 2.77. The lowest BCUT2D eigenvalue weighted by Crippen LogP contribution is -2.35. The zero-order valence-electron chi connectivity index (χ0n) is 17.0. The summed E-state index contributed by atoms with van der Waals surface area (Å²) in [7, 11) is 1.55. The standard InChI is InChI=1S/C22H27NO7/c1-27-11-8-23-22(26)19-12-15(13-20(30-19)28-10-5-4-9-24)17-14-29-18-7-3-2-6-16(18)21(17)25/h2-3,6-7,12,14-15,20,24H,4-5,8-11,13H2,1H3,(H,23,26)/t15-,20+/m1/s1. The van der Waals surface area contributed by atoms with Crippen molar-refractivity contribution in [3.8, 4) is 0 Å². The third-order valence-corrected chi connectivity index (χ3v) is 4.84. The van der Waals surface area contributed by atoms with Gasteiger partial charge in [-0.15, -0.1) is 0 Å². The van der Waals surface area contributed by atoms with E-state index in [1.165, 1.54) is 6.26 Å². The van der Waals surface area contributed by atoms with E-state index in [-0.39, 0.29) is 17.8 Å². The maximum atomic E-state index is 13.0. The van der Waals surface area contributed by atoms with Gasteiger partial charge in [-0.25, -0.2) is 0 Å². The van der Waals surface area contributed by atoms with Crippen molar-refractivity contribution in [2.75, 3.05) is 33.5 Å². The minimum atomic E-state index is -0.687. The minimum absolute atomic E-state index is 0.0860. The topological polar surface area (TPSA) is 107 Å². The number of benzene rings is 1. The average molecular weight is 417 g/mol. The molecule has 0 spiro atoms. The SMILES string of the molecule is COCCNC(=O)C1=C[C@@H](c2coc3ccccc3c2=O)C[C@@H](OCCCCO)O1. The Morgan fingerprint density at radius 1 is 1.27 bits per heavy atom. The fourth-order valence-electron chi connectivity index (χ4n) is 3.27. The molecule has 0 bridgehead atoms. The minimum Gasteiger partial charge on any atom is -0.464 e. The molecule has 0 saturated heterocycles. The van der Waals surface area contributed by atoms with Gasteiger partial charge >= 0.3 is 0 Å². The van der Waals surface area contributed by atoms with Crippen molar-refractivity contribution in [1.82, 2.24) is 5.32 Å². The van der Waals surface area contributed by atoms with E-state index in [1.54, 1.807) is 37.5 Å². The first-order valence-corrected chi connectivity index (χ1v) is 10.0. The first-order valence-electron chi connectivity index (χ1n) is 10.0. The van der Waals surface area contributed by atoms with Gasteiger partial charge in [0.2, 0.25) is 6.29 Å². The van der Waals surface area contributed by atoms with Crippen molar-refractivity contribution >= 4 is 16.9 Å². The first kappa shape index (κ1) is 22.0. The van der Waals surface area contributed by atoms with E-state index < -0.39 is 18.1 Å². The second-order valence-corrected chi connectivity index (χ2v) is 6.99. The Balaban J connectivity index is 1.84. The summed E-state index contributed by atoms with van der Waals surface area (Å²) in [6, 6.07) is 7.04. The van der Waals surface area contributed by atoms with Gasteiger partial charge < -0.3 is 29.1 Å². The van der Waals surface area contributed by atoms with Gasteiger partial charge in [0.1, 0.15) is 5.58 Å². The van der Waals surface area contributed by atoms with Gasteiger partial charge in [0.25, 0.3) is 5.91 Å². The molecule has 3 rings (SSSR count). The predicted molar refractivity (Wildman–Crippen MR) is 110 cm³/mol. The lowest BCUT2D eigenvalue weighted by molar-refractivity contribution is -0.146. The fourth-order valence-corrected chi connectivity index (χ4v) is 3.27. The van der Waals surface area contributed by atoms with Gasteiger partial charge in [-0.1, -0.05) is 12.1 Å². The van der Waals surface area contributed by atoms with Gasteiger partial charge in [-0.2, -0.15) is 0 Å². The Hall–Kier alpha value is -2.68. The fraction of sp³-hybridized carbons (Fsp3) is 0.455. The van der Waals surface area contributed by atoms with Gasteiger partial charge in [0.15, 0.2) is 11.2 Å². The zero-order chi connectivity index (χ0) is 21.3. The van der Waals surface area contributed by atoms with Crippen molar-refractivity contribution in [2.45, 2.75) is 31.5 Å². The Bertz CT molecular complexity index is 936. The number of aliphatic hydroxyl groups is 1. The lowest BCUT2D eigenvalue weighted by Gasteiger charge is -2.29. The molecule has 2 N–H and O–H groups in total. The Morgan fingerprint density at radius 3 is 2.90 bits per heavy atom. The summed E-state index contributed by atoms with van der Waals surface area (Å²) >= 11 is 0. The molecule has 8 heteroatoms. The number of para-hydroxylation sites is 1. The number of carbonyl (C=O) groups excluding carboxylic acids is 1. The molecular weight excluding hydrogens is 390 g/mol. The number of aliphatic hydroxyl groups excluding tert-OH is 1. The van der Waals surface area contributed by atoms with Crippen LogP contribution in [0.5, 0.6) is 0 Å². The summed E-state index contributed by atoms with van der Waals surface area (Å²) in [5.41, 5.74) is 0.818. The zero-order valence-corrected chi connectivity index (χ0v) is 17.0. The molecule has 0 aliphatic carbocycles. The van der Waals surface area contributed by atoms with Crippen LogP contribution in [0.1, 0.15) is 30.7 Å². The van der Waals surface area contributed by atoms with Gasteiger partial charge in [-0.05, 0) is 31.1 Å². The van der Waals surface area contributed by atoms with Crippen LogP contribution in [-0.4, -0.2) is 50.8 Å². The third-order valence-electron chi connectivity index (χ3n) is 4.84. The molecule has 1 aromatic heterocycles. The third kappa shape index (κ3) is 5.47. The Kier molecular flexibility index (Phi) is 8.01. The number of hydrogen-bond acceptors (Lipinski definition) is 7. The van der Waals surface area contributed by atoms with Crippen LogP contribution in [0.3, 0.4) is 0 Å². The maximum absolute atomic E-state index is 13.0. The molecule has 0 radical (unpaired) electrons. The Morgan fingerprint density at radius 2 is 2.10 bits per heavy atom. The van der Waals surface area contributed by atoms with E-state index in [1.807, 2.05) is 0 Å². The number of ether oxygens (including phenoxy) is 3. The van der Waals surface area contributed by atoms with Crippen molar-refractivity contribution in [1.29, 1.82) is 0 Å². The molecule has 2 atom stereocenters. The highest BCUT2D eigenvalue weighted by molar-refractivity contribution is 5.91. The highest BCUT2D eigenvalue weighted by atomic mass is 16.7. The van der Waals surface area contributed by atoms with E-state index in [2.05, 4.69) is 5.32 Å². The van der Waals surface area contributed by atoms with Crippen molar-refractivity contribution in [3.63, 3.8) is 0 Å². The predicted octanol–water partition coefficient (Wildman–Crippen LogP) is 2.06. The number of nitrogens with one attached hydrogen (secondary N) is 1. The summed E-state index contributed by atoms with van der Waals surface area (Å²) in [5.74, 6) is -0.696. The van der Waals surface area contributed by atoms with Gasteiger partial charge in [0, 0.05) is 38.2 Å². The molecule has 0 fully saturated rings. The molecule has 8 nitrogen and oxygen atoms in total. The molecular formula is C22H27NO7. The van der Waals surface area contributed by atoms with E-state index in [4.69, 9.17) is 23.7 Å². The Labute approximate surface area is 174 Å². The van der Waals surface area contributed by atoms with Crippen molar-refractivity contribution in [3.05, 3.63) is 58.2 Å². The van der Waals surface area contributed by atoms with Crippen LogP contribution in [-0.2, 0) is 19.0 Å². The molecule has 1 amide bonds. The molecule has 2 heterocycles. The summed E-state index contributed by atoms with van der Waals surface area (Å²) in [6.07, 6.45) is 4.05. The number of hydrogen-bond donors (Lipinski definition) is 2. The van der Waals surface area contributed by atoms with Crippen LogP contribution < -0.4 is 10.7 Å². The molecule has 2 aromatic rings. The molecule has 162 valence electrons. The summed E-state index contributed by atoms with van der Waals surface area (Å²) < 4.78 is 22.1. The van der Waals surface area contributed by atoms with Crippen LogP contribution in [0, 0.1) is 0 Å². The van der Waals surface area contributed by atoms with Crippen molar-refractivity contribution in [2.24, 2.45) is 0 Å². The summed E-state index contributed by atoms with van der Waals surface area (Å²) in [5, 5.41) is 12.1. The second kappa shape index (κ2) is 10.9. The highest BCUT2D eigenvalue weighted by Crippen LogP contribution is 2.31. The number of fused-ring (bicyclic) bond motifs is 1. The van der Waals surface area contributed by atoms with E-state index in [9.17, 15) is 9.59 Å². The van der Waals surface area contributed by atoms with Gasteiger partial charge in [0.05, 0.1) is 24.9 Å². The van der Waals surface area contributed by atoms with Crippen molar-refractivity contribution < 1.29 is 28.5 Å². The number of allylic oxidation sites excluding steroid dienone is 1. The number of unbranched alkanes of at least 4 members (excludes halogenated alkanes) is 1. The highest BCUT2D eigenvalue weighted by Gasteiger charge is 2.30. The lowest BCUT2D eigenvalue weighted by atomic mass is 9.93. The summed E-state index contributed by atoms with van der Waals surface area (Å²) in [6.45, 7) is 1.17. The second-order valence-electron chi connectivity index (χ2n) is 6.99. The smallest absolute Gasteiger partial charge is 0.286 e. The number of amides is 1. The van der Waals surface area contributed by atoms with Crippen LogP contribution in [0.25, 0.3) is 11.0 Å². The molecule has 1 aromatic carbocycles. The molecule has 30 heavy (non-hydrogen) atoms. The maximum Gasteiger partial charge on any atom is 0.286 e. The van der Waals surface area contributed by atoms with E-state index in [0.717, 1.165) is 0 Å². The normalized spacial score (nSPS) is 18.7. The van der Waals surface area contributed by atoms with Crippen LogP contribution >= 0.6 is 0 Å². The van der Waals surface area contributed by atoms with E-state index in [0.29, 0.717) is 55.6 Å². The van der Waals surface area contributed by atoms with Crippen LogP contribution in [0.4, 0.5) is 0 Å². The molecule has 1 aliphatic heterocycles. The monoisotopic (exact) mass is 417 g/mol. The largest absolute Gasteiger partial charge is 0.464 e. The van der Waals surface area contributed by atoms with Crippen LogP contribution in [0.2, 0.25) is 0 Å².